The Morgan fingerprint density at radius 1 is 0.545 bits per heavy atom. The number of hydrogen-bond donors (Lipinski definition) is 12. The van der Waals surface area contributed by atoms with Crippen molar-refractivity contribution >= 4 is 5.97 Å². The van der Waals surface area contributed by atoms with Gasteiger partial charge in [0.1, 0.15) is 79.4 Å². The fourth-order valence-corrected chi connectivity index (χ4v) is 5.37. The van der Waals surface area contributed by atoms with Crippen LogP contribution in [0.5, 0.6) is 0 Å². The Kier molecular flexibility index (Phi) is 11.5. The molecule has 4 heterocycles. The molecule has 0 spiro atoms. The van der Waals surface area contributed by atoms with Gasteiger partial charge in [0.15, 0.2) is 31.3 Å². The van der Waals surface area contributed by atoms with Crippen LogP contribution in [0.15, 0.2) is 0 Å². The summed E-state index contributed by atoms with van der Waals surface area (Å²) in [7, 11) is 0. The van der Waals surface area contributed by atoms with Gasteiger partial charge < -0.3 is 94.4 Å². The summed E-state index contributed by atoms with van der Waals surface area (Å²) in [5.41, 5.74) is 0. The third kappa shape index (κ3) is 6.88. The molecule has 0 aromatic carbocycles. The first-order chi connectivity index (χ1) is 20.6. The molecule has 20 atom stereocenters. The quantitative estimate of drug-likeness (QED) is 0.116. The molecule has 256 valence electrons. The third-order valence-electron chi connectivity index (χ3n) is 8.10. The van der Waals surface area contributed by atoms with Gasteiger partial charge in [0.2, 0.25) is 0 Å². The van der Waals surface area contributed by atoms with E-state index in [9.17, 15) is 66.1 Å². The zero-order valence-electron chi connectivity index (χ0n) is 23.4. The monoisotopic (exact) mass is 648 g/mol. The van der Waals surface area contributed by atoms with Gasteiger partial charge in [-0.05, 0) is 13.8 Å². The highest BCUT2D eigenvalue weighted by molar-refractivity contribution is 5.73. The van der Waals surface area contributed by atoms with E-state index in [4.69, 9.17) is 33.2 Å². The highest BCUT2D eigenvalue weighted by Gasteiger charge is 2.56. The predicted octanol–water partition coefficient (Wildman–Crippen LogP) is -7.60. The number of rotatable bonds is 8. The third-order valence-corrected chi connectivity index (χ3v) is 8.10. The largest absolute Gasteiger partial charge is 0.479 e. The second kappa shape index (κ2) is 14.3. The lowest BCUT2D eigenvalue weighted by atomic mass is 9.96. The minimum Gasteiger partial charge on any atom is -0.479 e. The van der Waals surface area contributed by atoms with Gasteiger partial charge in [-0.1, -0.05) is 0 Å². The maximum Gasteiger partial charge on any atom is 0.335 e. The topological polar surface area (TPSA) is 324 Å². The molecule has 0 radical (unpaired) electrons. The lowest BCUT2D eigenvalue weighted by Gasteiger charge is -2.49. The number of aliphatic carboxylic acids is 1. The number of carboxylic acid groups (broad SMARTS) is 1. The van der Waals surface area contributed by atoms with E-state index in [0.29, 0.717) is 0 Å². The molecule has 20 nitrogen and oxygen atoms in total. The van der Waals surface area contributed by atoms with Crippen LogP contribution in [-0.2, 0) is 38.0 Å². The summed E-state index contributed by atoms with van der Waals surface area (Å²) in [6.07, 6.45) is -36.0. The normalized spacial score (nSPS) is 53.8. The summed E-state index contributed by atoms with van der Waals surface area (Å²) in [6, 6.07) is 0. The van der Waals surface area contributed by atoms with Gasteiger partial charge in [0, 0.05) is 0 Å². The maximum absolute atomic E-state index is 11.8. The Labute approximate surface area is 249 Å². The summed E-state index contributed by atoms with van der Waals surface area (Å²) in [5, 5.41) is 123. The van der Waals surface area contributed by atoms with Crippen LogP contribution in [0.1, 0.15) is 13.8 Å². The zero-order valence-corrected chi connectivity index (χ0v) is 23.4. The molecule has 0 amide bonds. The Bertz CT molecular complexity index is 943. The van der Waals surface area contributed by atoms with Crippen molar-refractivity contribution in [3.63, 3.8) is 0 Å². The highest BCUT2D eigenvalue weighted by Crippen LogP contribution is 2.35. The molecule has 0 aliphatic carbocycles. The molecule has 4 aliphatic rings. The number of ether oxygens (including phenoxy) is 7. The molecule has 4 aliphatic heterocycles. The van der Waals surface area contributed by atoms with Gasteiger partial charge in [0.25, 0.3) is 0 Å². The zero-order chi connectivity index (χ0) is 32.8. The van der Waals surface area contributed by atoms with Crippen LogP contribution >= 0.6 is 0 Å². The van der Waals surface area contributed by atoms with Crippen molar-refractivity contribution in [2.24, 2.45) is 0 Å². The van der Waals surface area contributed by atoms with E-state index >= 15 is 0 Å². The van der Waals surface area contributed by atoms with E-state index in [-0.39, 0.29) is 0 Å². The summed E-state index contributed by atoms with van der Waals surface area (Å²) >= 11 is 0. The average Bonchev–Trinajstić information content (AvgIpc) is 2.98. The van der Waals surface area contributed by atoms with Crippen LogP contribution in [0, 0.1) is 0 Å². The highest BCUT2D eigenvalue weighted by atomic mass is 16.8. The molecule has 0 unspecified atom stereocenters. The Morgan fingerprint density at radius 3 is 1.66 bits per heavy atom. The smallest absolute Gasteiger partial charge is 0.335 e. The number of aliphatic hydroxyl groups excluding tert-OH is 11. The molecular formula is C24H40O20. The summed E-state index contributed by atoms with van der Waals surface area (Å²) in [4.78, 5) is 11.8. The van der Waals surface area contributed by atoms with Crippen molar-refractivity contribution in [2.45, 2.75) is 137 Å². The van der Waals surface area contributed by atoms with Crippen LogP contribution in [0.3, 0.4) is 0 Å². The van der Waals surface area contributed by atoms with Crippen LogP contribution in [-0.4, -0.2) is 197 Å². The van der Waals surface area contributed by atoms with Crippen molar-refractivity contribution in [1.82, 2.24) is 0 Å². The Morgan fingerprint density at radius 2 is 1.07 bits per heavy atom. The second-order valence-electron chi connectivity index (χ2n) is 11.1. The van der Waals surface area contributed by atoms with Gasteiger partial charge >= 0.3 is 5.97 Å². The van der Waals surface area contributed by atoms with Crippen molar-refractivity contribution < 1.29 is 99.2 Å². The first-order valence-electron chi connectivity index (χ1n) is 13.8. The first-order valence-corrected chi connectivity index (χ1v) is 13.8. The molecule has 44 heavy (non-hydrogen) atoms. The van der Waals surface area contributed by atoms with Crippen LogP contribution in [0.25, 0.3) is 0 Å². The summed E-state index contributed by atoms with van der Waals surface area (Å²) < 4.78 is 38.1. The predicted molar refractivity (Wildman–Crippen MR) is 132 cm³/mol. The standard InChI is InChI=1S/C24H40O20/c1-4-7(26)11(30)18(23(39-4)41-16-8(27)5(2)38-21(37)15(16)34)44-24-19(13(32)12(31)17(42-24)20(35)36)43-22-14(33)10(29)9(28)6(3-25)40-22/h4-19,21-34,37H,3H2,1-2H3,(H,35,36)/t4-,5-,6+,7-,8-,9+,10-,11+,12-,13-,14+,15+,16+,17-,18+,19+,21-,22+,23-,24-/m0/s1. The number of carboxylic acids is 1. The molecule has 0 bridgehead atoms. The SMILES string of the molecule is C[C@@H]1O[C@@H](O[C@@H]2[C@@H](O)[C@H](C)O[C@H](O)[C@@H]2O)[C@H](O[C@@H]2O[C@H](C(=O)O)[C@@H](O)[C@H](O)[C@H]2O[C@H]2O[C@H](CO)[C@@H](O)[C@H](O)[C@H]2O)[C@H](O)[C@H]1O. The molecule has 12 N–H and O–H groups in total. The Balaban J connectivity index is 1.63. The van der Waals surface area contributed by atoms with Crippen molar-refractivity contribution in [1.29, 1.82) is 0 Å². The van der Waals surface area contributed by atoms with Crippen molar-refractivity contribution in [3.05, 3.63) is 0 Å². The number of aliphatic hydroxyl groups is 11. The van der Waals surface area contributed by atoms with Crippen LogP contribution < -0.4 is 0 Å². The van der Waals surface area contributed by atoms with E-state index in [2.05, 4.69) is 0 Å². The fourth-order valence-electron chi connectivity index (χ4n) is 5.37. The molecule has 4 fully saturated rings. The lowest BCUT2D eigenvalue weighted by molar-refractivity contribution is -0.398. The number of carbonyl (C=O) groups is 1. The molecule has 4 rings (SSSR count). The first kappa shape index (κ1) is 35.6. The Hall–Kier alpha value is -1.25. The van der Waals surface area contributed by atoms with Crippen molar-refractivity contribution in [2.75, 3.05) is 6.61 Å². The van der Waals surface area contributed by atoms with E-state index in [1.54, 1.807) is 0 Å². The van der Waals surface area contributed by atoms with Gasteiger partial charge in [-0.3, -0.25) is 0 Å². The summed E-state index contributed by atoms with van der Waals surface area (Å²) in [6.45, 7) is 1.84. The minimum absolute atomic E-state index is 0.851. The molecule has 20 heteroatoms. The van der Waals surface area contributed by atoms with Gasteiger partial charge in [-0.25, -0.2) is 4.79 Å². The molecule has 0 saturated carbocycles. The summed E-state index contributed by atoms with van der Waals surface area (Å²) in [5.74, 6) is -1.77. The average molecular weight is 649 g/mol. The fraction of sp³-hybridized carbons (Fsp3) is 0.958. The van der Waals surface area contributed by atoms with E-state index in [1.165, 1.54) is 13.8 Å². The van der Waals surface area contributed by atoms with E-state index in [1.807, 2.05) is 0 Å². The molecule has 0 aromatic heterocycles. The molecule has 0 aromatic rings. The van der Waals surface area contributed by atoms with Gasteiger partial charge in [-0.2, -0.15) is 0 Å². The van der Waals surface area contributed by atoms with Crippen molar-refractivity contribution in [3.8, 4) is 0 Å². The molecule has 4 saturated heterocycles. The van der Waals surface area contributed by atoms with Crippen LogP contribution in [0.2, 0.25) is 0 Å². The van der Waals surface area contributed by atoms with E-state index < -0.39 is 135 Å². The maximum atomic E-state index is 11.8. The number of hydrogen-bond acceptors (Lipinski definition) is 19. The molecular weight excluding hydrogens is 608 g/mol. The second-order valence-corrected chi connectivity index (χ2v) is 11.1. The minimum atomic E-state index is -2.18. The lowest BCUT2D eigenvalue weighted by Crippen LogP contribution is -2.67. The van der Waals surface area contributed by atoms with Gasteiger partial charge in [0.05, 0.1) is 18.8 Å². The van der Waals surface area contributed by atoms with Gasteiger partial charge in [-0.15, -0.1) is 0 Å². The van der Waals surface area contributed by atoms with E-state index in [0.717, 1.165) is 0 Å². The van der Waals surface area contributed by atoms with Crippen LogP contribution in [0.4, 0.5) is 0 Å².